The van der Waals surface area contributed by atoms with E-state index in [1.807, 2.05) is 24.3 Å². The highest BCUT2D eigenvalue weighted by Crippen LogP contribution is 2.48. The van der Waals surface area contributed by atoms with Crippen LogP contribution in [0.5, 0.6) is 0 Å². The molecule has 20 heavy (non-hydrogen) atoms. The minimum absolute atomic E-state index is 0.259. The Balaban J connectivity index is 1.91. The summed E-state index contributed by atoms with van der Waals surface area (Å²) in [6.07, 6.45) is 5.20. The Hall–Kier alpha value is -2.63. The summed E-state index contributed by atoms with van der Waals surface area (Å²) < 4.78 is 0. The number of amidine groups is 1. The first-order valence-electron chi connectivity index (χ1n) is 6.32. The van der Waals surface area contributed by atoms with Crippen LogP contribution in [0.4, 0.5) is 5.95 Å². The van der Waals surface area contributed by atoms with E-state index >= 15 is 0 Å². The Bertz CT molecular complexity index is 644. The predicted octanol–water partition coefficient (Wildman–Crippen LogP) is 1.50. The van der Waals surface area contributed by atoms with Crippen molar-refractivity contribution in [2.75, 3.05) is 5.73 Å². The highest BCUT2D eigenvalue weighted by atomic mass is 16.4. The zero-order valence-corrected chi connectivity index (χ0v) is 10.8. The van der Waals surface area contributed by atoms with E-state index in [2.05, 4.69) is 15.1 Å². The second-order valence-electron chi connectivity index (χ2n) is 4.97. The molecule has 5 N–H and O–H groups in total. The first-order chi connectivity index (χ1) is 9.65. The summed E-state index contributed by atoms with van der Waals surface area (Å²) in [6, 6.07) is 7.96. The van der Waals surface area contributed by atoms with Crippen LogP contribution in [0.3, 0.4) is 0 Å². The summed E-state index contributed by atoms with van der Waals surface area (Å²) in [5.74, 6) is 0.537. The zero-order chi connectivity index (χ0) is 14.2. The van der Waals surface area contributed by atoms with E-state index in [9.17, 15) is 0 Å². The lowest BCUT2D eigenvalue weighted by Crippen LogP contribution is -2.28. The van der Waals surface area contributed by atoms with Crippen molar-refractivity contribution in [2.45, 2.75) is 18.3 Å². The van der Waals surface area contributed by atoms with E-state index in [1.165, 1.54) is 0 Å². The fourth-order valence-electron chi connectivity index (χ4n) is 2.38. The number of oxime groups is 1. The average molecular weight is 269 g/mol. The summed E-state index contributed by atoms with van der Waals surface area (Å²) in [5.41, 5.74) is 13.9. The molecule has 1 heterocycles. The second-order valence-corrected chi connectivity index (χ2v) is 4.97. The molecule has 0 aliphatic heterocycles. The Morgan fingerprint density at radius 3 is 2.20 bits per heavy atom. The molecule has 6 nitrogen and oxygen atoms in total. The van der Waals surface area contributed by atoms with Crippen molar-refractivity contribution in [2.24, 2.45) is 10.9 Å². The molecule has 1 aromatic heterocycles. The monoisotopic (exact) mass is 269 g/mol. The third-order valence-electron chi connectivity index (χ3n) is 3.79. The number of hydrogen-bond acceptors (Lipinski definition) is 5. The molecular weight excluding hydrogens is 254 g/mol. The van der Waals surface area contributed by atoms with Crippen LogP contribution in [0, 0.1) is 0 Å². The van der Waals surface area contributed by atoms with E-state index in [-0.39, 0.29) is 17.2 Å². The standard InChI is InChI=1S/C14H15N5O/c15-12(19-20)14(5-6-14)11-3-1-9(2-4-11)10-7-17-13(16)18-8-10/h1-4,7-8,20H,5-6H2,(H2,15,19)(H2,16,17,18). The lowest BCUT2D eigenvalue weighted by molar-refractivity contribution is 0.315. The van der Waals surface area contributed by atoms with E-state index < -0.39 is 0 Å². The van der Waals surface area contributed by atoms with Crippen LogP contribution in [-0.2, 0) is 5.41 Å². The molecule has 0 bridgehead atoms. The van der Waals surface area contributed by atoms with Crippen molar-refractivity contribution < 1.29 is 5.21 Å². The predicted molar refractivity (Wildman–Crippen MR) is 76.2 cm³/mol. The Kier molecular flexibility index (Phi) is 2.78. The van der Waals surface area contributed by atoms with Crippen LogP contribution in [0.15, 0.2) is 41.8 Å². The fourth-order valence-corrected chi connectivity index (χ4v) is 2.38. The smallest absolute Gasteiger partial charge is 0.219 e. The van der Waals surface area contributed by atoms with Gasteiger partial charge in [-0.2, -0.15) is 0 Å². The van der Waals surface area contributed by atoms with E-state index in [1.54, 1.807) is 12.4 Å². The minimum Gasteiger partial charge on any atom is -0.409 e. The van der Waals surface area contributed by atoms with Crippen molar-refractivity contribution in [3.63, 3.8) is 0 Å². The van der Waals surface area contributed by atoms with Gasteiger partial charge in [-0.05, 0) is 24.0 Å². The molecule has 6 heteroatoms. The number of nitrogens with zero attached hydrogens (tertiary/aromatic N) is 3. The third-order valence-corrected chi connectivity index (χ3v) is 3.79. The van der Waals surface area contributed by atoms with Crippen LogP contribution in [0.1, 0.15) is 18.4 Å². The number of nitrogen functional groups attached to an aromatic ring is 1. The molecule has 0 saturated heterocycles. The topological polar surface area (TPSA) is 110 Å². The lowest BCUT2D eigenvalue weighted by atomic mass is 9.93. The van der Waals surface area contributed by atoms with E-state index in [0.717, 1.165) is 29.5 Å². The van der Waals surface area contributed by atoms with Gasteiger partial charge >= 0.3 is 0 Å². The van der Waals surface area contributed by atoms with Crippen LogP contribution in [0.25, 0.3) is 11.1 Å². The van der Waals surface area contributed by atoms with Crippen molar-refractivity contribution in [3.05, 3.63) is 42.2 Å². The summed E-state index contributed by atoms with van der Waals surface area (Å²) in [7, 11) is 0. The van der Waals surface area contributed by atoms with Gasteiger partial charge in [0.15, 0.2) is 0 Å². The van der Waals surface area contributed by atoms with Crippen LogP contribution < -0.4 is 11.5 Å². The van der Waals surface area contributed by atoms with Crippen molar-refractivity contribution in [1.29, 1.82) is 0 Å². The minimum atomic E-state index is -0.287. The third kappa shape index (κ3) is 1.95. The molecule has 1 fully saturated rings. The molecule has 1 aliphatic rings. The zero-order valence-electron chi connectivity index (χ0n) is 10.8. The maximum atomic E-state index is 8.86. The van der Waals surface area contributed by atoms with Gasteiger partial charge in [-0.25, -0.2) is 9.97 Å². The van der Waals surface area contributed by atoms with Gasteiger partial charge in [-0.1, -0.05) is 29.4 Å². The number of nitrogens with two attached hydrogens (primary N) is 2. The van der Waals surface area contributed by atoms with Gasteiger partial charge < -0.3 is 16.7 Å². The largest absolute Gasteiger partial charge is 0.409 e. The summed E-state index contributed by atoms with van der Waals surface area (Å²) >= 11 is 0. The summed E-state index contributed by atoms with van der Waals surface area (Å²) in [6.45, 7) is 0. The van der Waals surface area contributed by atoms with Gasteiger partial charge in [-0.3, -0.25) is 0 Å². The van der Waals surface area contributed by atoms with Crippen LogP contribution in [-0.4, -0.2) is 21.0 Å². The summed E-state index contributed by atoms with van der Waals surface area (Å²) in [4.78, 5) is 7.95. The molecule has 1 aromatic carbocycles. The van der Waals surface area contributed by atoms with Gasteiger partial charge in [0.05, 0.1) is 5.41 Å². The van der Waals surface area contributed by atoms with Gasteiger partial charge in [0.1, 0.15) is 5.84 Å². The molecular formula is C14H15N5O. The number of aromatic nitrogens is 2. The van der Waals surface area contributed by atoms with E-state index in [4.69, 9.17) is 16.7 Å². The van der Waals surface area contributed by atoms with Gasteiger partial charge in [0, 0.05) is 18.0 Å². The molecule has 0 spiro atoms. The molecule has 0 atom stereocenters. The van der Waals surface area contributed by atoms with Crippen LogP contribution in [0.2, 0.25) is 0 Å². The van der Waals surface area contributed by atoms with Crippen molar-refractivity contribution in [1.82, 2.24) is 9.97 Å². The highest BCUT2D eigenvalue weighted by molar-refractivity contribution is 5.94. The molecule has 0 amide bonds. The molecule has 2 aromatic rings. The Morgan fingerprint density at radius 1 is 1.10 bits per heavy atom. The van der Waals surface area contributed by atoms with Gasteiger partial charge in [-0.15, -0.1) is 0 Å². The Morgan fingerprint density at radius 2 is 1.70 bits per heavy atom. The summed E-state index contributed by atoms with van der Waals surface area (Å²) in [5, 5.41) is 12.0. The number of rotatable bonds is 3. The molecule has 0 radical (unpaired) electrons. The van der Waals surface area contributed by atoms with Gasteiger partial charge in [0.2, 0.25) is 5.95 Å². The molecule has 102 valence electrons. The highest BCUT2D eigenvalue weighted by Gasteiger charge is 2.48. The quantitative estimate of drug-likeness (QED) is 0.338. The SMILES string of the molecule is N/C(=N\O)C1(c2ccc(-c3cnc(N)nc3)cc2)CC1. The Labute approximate surface area is 116 Å². The molecule has 1 saturated carbocycles. The molecule has 0 unspecified atom stereocenters. The normalized spacial score (nSPS) is 16.9. The molecule has 3 rings (SSSR count). The van der Waals surface area contributed by atoms with Crippen molar-refractivity contribution >= 4 is 11.8 Å². The maximum absolute atomic E-state index is 8.86. The second kappa shape index (κ2) is 4.48. The van der Waals surface area contributed by atoms with Crippen molar-refractivity contribution in [3.8, 4) is 11.1 Å². The van der Waals surface area contributed by atoms with E-state index in [0.29, 0.717) is 0 Å². The molecule has 1 aliphatic carbocycles. The van der Waals surface area contributed by atoms with Crippen LogP contribution >= 0.6 is 0 Å². The first kappa shape index (κ1) is 12.4. The lowest BCUT2D eigenvalue weighted by Gasteiger charge is -2.14. The van der Waals surface area contributed by atoms with Gasteiger partial charge in [0.25, 0.3) is 0 Å². The number of hydrogen-bond donors (Lipinski definition) is 3. The number of anilines is 1. The first-order valence-corrected chi connectivity index (χ1v) is 6.32. The number of benzene rings is 1. The maximum Gasteiger partial charge on any atom is 0.219 e. The average Bonchev–Trinajstić information content (AvgIpc) is 3.29. The fraction of sp³-hybridized carbons (Fsp3) is 0.214.